The first-order valence-electron chi connectivity index (χ1n) is 8.26. The van der Waals surface area contributed by atoms with E-state index in [-0.39, 0.29) is 31.7 Å². The summed E-state index contributed by atoms with van der Waals surface area (Å²) in [7, 11) is -4.08. The van der Waals surface area contributed by atoms with Gasteiger partial charge >= 0.3 is 19.8 Å². The van der Waals surface area contributed by atoms with Crippen molar-refractivity contribution in [2.75, 3.05) is 13.4 Å². The van der Waals surface area contributed by atoms with Crippen molar-refractivity contribution in [3.05, 3.63) is 0 Å². The Balaban J connectivity index is 2.66. The predicted molar refractivity (Wildman–Crippen MR) is 90.2 cm³/mol. The second kappa shape index (κ2) is 8.61. The average Bonchev–Trinajstić information content (AvgIpc) is 2.48. The van der Waals surface area contributed by atoms with Gasteiger partial charge in [-0.3, -0.25) is 23.4 Å². The molecule has 1 heterocycles. The predicted octanol–water partition coefficient (Wildman–Crippen LogP) is 2.92. The number of ketones is 1. The number of carboxylic acid groups (broad SMARTS) is 1. The van der Waals surface area contributed by atoms with Crippen LogP contribution in [0.3, 0.4) is 0 Å². The molecule has 0 radical (unpaired) electrons. The van der Waals surface area contributed by atoms with Crippen molar-refractivity contribution >= 4 is 25.5 Å². The third-order valence-corrected chi connectivity index (χ3v) is 4.99. The zero-order valence-electron chi connectivity index (χ0n) is 15.8. The quantitative estimate of drug-likeness (QED) is 0.376. The Kier molecular flexibility index (Phi) is 7.53. The standard InChI is InChI=1S/C16H27O9P/c1-15(2,3)14(20)22-10-24-26(21)23-9-16(4,5)13(25-26)11(17)7-6-8-12(18)19/h13H,6-10H2,1-5H3,(H,18,19)/t13-,26?/m0/s1. The van der Waals surface area contributed by atoms with Gasteiger partial charge in [0.15, 0.2) is 5.78 Å². The number of aliphatic carboxylic acids is 1. The van der Waals surface area contributed by atoms with Crippen LogP contribution in [0.25, 0.3) is 0 Å². The van der Waals surface area contributed by atoms with Crippen LogP contribution in [0.4, 0.5) is 0 Å². The van der Waals surface area contributed by atoms with Crippen LogP contribution in [-0.2, 0) is 37.3 Å². The highest BCUT2D eigenvalue weighted by molar-refractivity contribution is 7.48. The van der Waals surface area contributed by atoms with Crippen molar-refractivity contribution in [3.63, 3.8) is 0 Å². The van der Waals surface area contributed by atoms with Crippen molar-refractivity contribution < 1.29 is 42.4 Å². The Hall–Kier alpha value is -1.28. The van der Waals surface area contributed by atoms with E-state index in [2.05, 4.69) is 0 Å². The van der Waals surface area contributed by atoms with Gasteiger partial charge in [0.1, 0.15) is 6.10 Å². The number of hydrogen-bond acceptors (Lipinski definition) is 8. The SMILES string of the molecule is CC(C)(C)C(=O)OCOP1(=O)OCC(C)(C)[C@H](C(=O)CCCC(=O)O)O1. The minimum Gasteiger partial charge on any atom is -0.481 e. The fraction of sp³-hybridized carbons (Fsp3) is 0.812. The Bertz CT molecular complexity index is 591. The molecule has 150 valence electrons. The van der Waals surface area contributed by atoms with Crippen LogP contribution in [-0.4, -0.2) is 42.3 Å². The van der Waals surface area contributed by atoms with E-state index in [0.717, 1.165) is 0 Å². The first kappa shape index (κ1) is 22.8. The molecule has 1 rings (SSSR count). The Morgan fingerprint density at radius 2 is 1.85 bits per heavy atom. The third kappa shape index (κ3) is 6.79. The van der Waals surface area contributed by atoms with Gasteiger partial charge in [-0.1, -0.05) is 13.8 Å². The van der Waals surface area contributed by atoms with Crippen LogP contribution < -0.4 is 0 Å². The highest BCUT2D eigenvalue weighted by atomic mass is 31.2. The van der Waals surface area contributed by atoms with Crippen molar-refractivity contribution in [3.8, 4) is 0 Å². The van der Waals surface area contributed by atoms with Crippen LogP contribution in [0.2, 0.25) is 0 Å². The molecule has 1 N–H and O–H groups in total. The highest BCUT2D eigenvalue weighted by Gasteiger charge is 2.48. The number of Topliss-reactive ketones (excluding diaryl/α,β-unsaturated/α-hetero) is 1. The number of ether oxygens (including phenoxy) is 1. The highest BCUT2D eigenvalue weighted by Crippen LogP contribution is 2.57. The van der Waals surface area contributed by atoms with Gasteiger partial charge < -0.3 is 9.84 Å². The Labute approximate surface area is 152 Å². The van der Waals surface area contributed by atoms with Gasteiger partial charge in [0.05, 0.1) is 12.0 Å². The number of carbonyl (C=O) groups excluding carboxylic acids is 2. The molecular formula is C16H27O9P. The largest absolute Gasteiger partial charge is 0.481 e. The molecule has 1 saturated heterocycles. The fourth-order valence-electron chi connectivity index (χ4n) is 2.09. The topological polar surface area (TPSA) is 125 Å². The third-order valence-electron chi connectivity index (χ3n) is 3.66. The van der Waals surface area contributed by atoms with Crippen LogP contribution in [0.1, 0.15) is 53.9 Å². The van der Waals surface area contributed by atoms with E-state index >= 15 is 0 Å². The lowest BCUT2D eigenvalue weighted by Crippen LogP contribution is -2.45. The van der Waals surface area contributed by atoms with Crippen LogP contribution >= 0.6 is 7.82 Å². The number of phosphoric acid groups is 1. The second-order valence-electron chi connectivity index (χ2n) is 7.84. The molecule has 26 heavy (non-hydrogen) atoms. The van der Waals surface area contributed by atoms with Crippen LogP contribution in [0, 0.1) is 10.8 Å². The first-order valence-corrected chi connectivity index (χ1v) is 9.72. The molecule has 0 saturated carbocycles. The molecule has 2 atom stereocenters. The van der Waals surface area contributed by atoms with Gasteiger partial charge in [-0.15, -0.1) is 0 Å². The van der Waals surface area contributed by atoms with Gasteiger partial charge in [0, 0.05) is 18.3 Å². The number of rotatable bonds is 8. The molecule has 10 heteroatoms. The van der Waals surface area contributed by atoms with Gasteiger partial charge in [-0.05, 0) is 27.2 Å². The molecule has 0 aromatic heterocycles. The molecule has 1 aliphatic rings. The number of phosphoric ester groups is 1. The molecule has 0 spiro atoms. The first-order chi connectivity index (χ1) is 11.8. The maximum absolute atomic E-state index is 12.5. The number of carbonyl (C=O) groups is 3. The maximum Gasteiger partial charge on any atom is 0.478 e. The molecular weight excluding hydrogens is 367 g/mol. The van der Waals surface area contributed by atoms with Crippen molar-refractivity contribution in [1.82, 2.24) is 0 Å². The summed E-state index contributed by atoms with van der Waals surface area (Å²) in [5.41, 5.74) is -1.52. The number of esters is 1. The summed E-state index contributed by atoms with van der Waals surface area (Å²) in [6.07, 6.45) is -1.10. The van der Waals surface area contributed by atoms with Gasteiger partial charge in [0.2, 0.25) is 6.79 Å². The summed E-state index contributed by atoms with van der Waals surface area (Å²) < 4.78 is 32.8. The van der Waals surface area contributed by atoms with Crippen molar-refractivity contribution in [2.45, 2.75) is 60.0 Å². The average molecular weight is 394 g/mol. The van der Waals surface area contributed by atoms with Gasteiger partial charge in [-0.25, -0.2) is 9.09 Å². The van der Waals surface area contributed by atoms with E-state index in [4.69, 9.17) is 23.4 Å². The smallest absolute Gasteiger partial charge is 0.478 e. The molecule has 1 aliphatic heterocycles. The summed E-state index contributed by atoms with van der Waals surface area (Å²) >= 11 is 0. The second-order valence-corrected chi connectivity index (χ2v) is 9.46. The number of carboxylic acids is 1. The van der Waals surface area contributed by atoms with Crippen LogP contribution in [0.15, 0.2) is 0 Å². The Morgan fingerprint density at radius 3 is 2.38 bits per heavy atom. The molecule has 0 aromatic carbocycles. The van der Waals surface area contributed by atoms with E-state index in [0.29, 0.717) is 0 Å². The summed E-state index contributed by atoms with van der Waals surface area (Å²) in [6.45, 7) is 7.67. The lowest BCUT2D eigenvalue weighted by molar-refractivity contribution is -0.163. The summed E-state index contributed by atoms with van der Waals surface area (Å²) in [6, 6.07) is 0. The van der Waals surface area contributed by atoms with E-state index in [1.165, 1.54) is 0 Å². The molecule has 1 unspecified atom stereocenters. The molecule has 9 nitrogen and oxygen atoms in total. The molecule has 0 amide bonds. The molecule has 0 aliphatic carbocycles. The minimum absolute atomic E-state index is 0.0284. The summed E-state index contributed by atoms with van der Waals surface area (Å²) in [5, 5.41) is 8.65. The van der Waals surface area contributed by atoms with Gasteiger partial charge in [0.25, 0.3) is 0 Å². The molecule has 1 fully saturated rings. The summed E-state index contributed by atoms with van der Waals surface area (Å²) in [5.74, 6) is -1.93. The zero-order chi connectivity index (χ0) is 20.2. The number of hydrogen-bond donors (Lipinski definition) is 1. The normalized spacial score (nSPS) is 25.5. The molecule has 0 aromatic rings. The fourth-order valence-corrected chi connectivity index (χ4v) is 3.62. The monoisotopic (exact) mass is 394 g/mol. The summed E-state index contributed by atoms with van der Waals surface area (Å²) in [4.78, 5) is 34.6. The maximum atomic E-state index is 12.5. The van der Waals surface area contributed by atoms with Gasteiger partial charge in [-0.2, -0.15) is 0 Å². The minimum atomic E-state index is -4.08. The van der Waals surface area contributed by atoms with E-state index < -0.39 is 43.5 Å². The lowest BCUT2D eigenvalue weighted by Gasteiger charge is -2.39. The zero-order valence-corrected chi connectivity index (χ0v) is 16.7. The van der Waals surface area contributed by atoms with E-state index in [1.54, 1.807) is 34.6 Å². The molecule has 0 bridgehead atoms. The van der Waals surface area contributed by atoms with Crippen LogP contribution in [0.5, 0.6) is 0 Å². The van der Waals surface area contributed by atoms with Crippen molar-refractivity contribution in [2.24, 2.45) is 10.8 Å². The lowest BCUT2D eigenvalue weighted by atomic mass is 9.84. The van der Waals surface area contributed by atoms with E-state index in [1.807, 2.05) is 0 Å². The Morgan fingerprint density at radius 1 is 1.23 bits per heavy atom. The van der Waals surface area contributed by atoms with E-state index in [9.17, 15) is 18.9 Å². The van der Waals surface area contributed by atoms with Crippen molar-refractivity contribution in [1.29, 1.82) is 0 Å².